The molecule has 0 aromatic rings. The Labute approximate surface area is 77.7 Å². The van der Waals surface area contributed by atoms with Gasteiger partial charge in [0.1, 0.15) is 0 Å². The summed E-state index contributed by atoms with van der Waals surface area (Å²) in [5.74, 6) is 1.93. The van der Waals surface area contributed by atoms with E-state index < -0.39 is 0 Å². The molecular formula is C12H24. The lowest BCUT2D eigenvalue weighted by molar-refractivity contribution is 0.112. The van der Waals surface area contributed by atoms with Gasteiger partial charge in [-0.25, -0.2) is 0 Å². The van der Waals surface area contributed by atoms with Gasteiger partial charge < -0.3 is 0 Å². The van der Waals surface area contributed by atoms with Crippen LogP contribution in [-0.2, 0) is 0 Å². The van der Waals surface area contributed by atoms with Crippen LogP contribution in [-0.4, -0.2) is 0 Å². The first-order chi connectivity index (χ1) is 5.56. The molecule has 0 aromatic carbocycles. The van der Waals surface area contributed by atoms with E-state index in [4.69, 9.17) is 0 Å². The fourth-order valence-electron chi connectivity index (χ4n) is 3.43. The van der Waals surface area contributed by atoms with E-state index in [0.29, 0.717) is 5.41 Å². The van der Waals surface area contributed by atoms with Crippen LogP contribution in [0, 0.1) is 17.3 Å². The first kappa shape index (κ1) is 10.1. The molecule has 0 heteroatoms. The molecule has 0 bridgehead atoms. The maximum Gasteiger partial charge on any atom is -0.0321 e. The minimum absolute atomic E-state index is 0.672. The Morgan fingerprint density at radius 2 is 1.67 bits per heavy atom. The minimum Gasteiger partial charge on any atom is -0.0654 e. The fourth-order valence-corrected chi connectivity index (χ4v) is 3.43. The average Bonchev–Trinajstić information content (AvgIpc) is 1.82. The number of rotatable bonds is 2. The average molecular weight is 168 g/mol. The summed E-state index contributed by atoms with van der Waals surface area (Å²) in [6.45, 7) is 9.64. The molecule has 0 amide bonds. The zero-order valence-electron chi connectivity index (χ0n) is 9.19. The minimum atomic E-state index is 0.672. The Morgan fingerprint density at radius 1 is 1.17 bits per heavy atom. The Hall–Kier alpha value is 0. The van der Waals surface area contributed by atoms with Gasteiger partial charge in [-0.1, -0.05) is 34.1 Å². The summed E-state index contributed by atoms with van der Waals surface area (Å²) in [6, 6.07) is 0. The van der Waals surface area contributed by atoms with Crippen LogP contribution in [0.4, 0.5) is 0 Å². The highest BCUT2D eigenvalue weighted by atomic mass is 14.4. The van der Waals surface area contributed by atoms with Crippen LogP contribution in [0.2, 0.25) is 0 Å². The highest BCUT2D eigenvalue weighted by molar-refractivity contribution is 4.83. The van der Waals surface area contributed by atoms with Gasteiger partial charge in [-0.15, -0.1) is 0 Å². The van der Waals surface area contributed by atoms with Crippen LogP contribution in [0.5, 0.6) is 0 Å². The predicted octanol–water partition coefficient (Wildman–Crippen LogP) is 4.25. The molecule has 2 atom stereocenters. The molecule has 0 unspecified atom stereocenters. The lowest BCUT2D eigenvalue weighted by atomic mass is 9.65. The maximum absolute atomic E-state index is 2.49. The van der Waals surface area contributed by atoms with Crippen LogP contribution in [0.25, 0.3) is 0 Å². The topological polar surface area (TPSA) is 0 Å². The highest BCUT2D eigenvalue weighted by Crippen LogP contribution is 2.44. The molecule has 12 heavy (non-hydrogen) atoms. The zero-order valence-corrected chi connectivity index (χ0v) is 9.19. The standard InChI is InChI=1S/C12H24/c1-5-6-12(4)8-10(2)7-11(3)9-12/h10-11H,5-9H2,1-4H3/t10-,11-/m1/s1. The van der Waals surface area contributed by atoms with E-state index in [1.54, 1.807) is 0 Å². The molecule has 0 spiro atoms. The summed E-state index contributed by atoms with van der Waals surface area (Å²) in [4.78, 5) is 0. The molecule has 1 fully saturated rings. The van der Waals surface area contributed by atoms with Crippen molar-refractivity contribution in [1.82, 2.24) is 0 Å². The van der Waals surface area contributed by atoms with Crippen molar-refractivity contribution in [2.75, 3.05) is 0 Å². The lowest BCUT2D eigenvalue weighted by Crippen LogP contribution is -2.28. The van der Waals surface area contributed by atoms with Gasteiger partial charge in [-0.2, -0.15) is 0 Å². The largest absolute Gasteiger partial charge is 0.0654 e. The Bertz CT molecular complexity index is 127. The Balaban J connectivity index is 2.52. The summed E-state index contributed by atoms with van der Waals surface area (Å²) in [5, 5.41) is 0. The molecule has 1 aliphatic carbocycles. The third-order valence-electron chi connectivity index (χ3n) is 3.34. The first-order valence-electron chi connectivity index (χ1n) is 5.56. The Morgan fingerprint density at radius 3 is 2.08 bits per heavy atom. The molecule has 0 aliphatic heterocycles. The zero-order chi connectivity index (χ0) is 9.19. The summed E-state index contributed by atoms with van der Waals surface area (Å²) in [7, 11) is 0. The van der Waals surface area contributed by atoms with E-state index >= 15 is 0 Å². The van der Waals surface area contributed by atoms with Crippen molar-refractivity contribution in [1.29, 1.82) is 0 Å². The summed E-state index contributed by atoms with van der Waals surface area (Å²) >= 11 is 0. The second-order valence-electron chi connectivity index (χ2n) is 5.41. The smallest absolute Gasteiger partial charge is 0.0321 e. The van der Waals surface area contributed by atoms with Crippen molar-refractivity contribution in [3.63, 3.8) is 0 Å². The van der Waals surface area contributed by atoms with Gasteiger partial charge in [0.25, 0.3) is 0 Å². The normalized spacial score (nSPS) is 43.0. The van der Waals surface area contributed by atoms with Crippen molar-refractivity contribution < 1.29 is 0 Å². The summed E-state index contributed by atoms with van der Waals surface area (Å²) < 4.78 is 0. The predicted molar refractivity (Wildman–Crippen MR) is 55.2 cm³/mol. The molecule has 0 radical (unpaired) electrons. The van der Waals surface area contributed by atoms with Crippen molar-refractivity contribution in [2.24, 2.45) is 17.3 Å². The second-order valence-corrected chi connectivity index (χ2v) is 5.41. The molecule has 1 rings (SSSR count). The van der Waals surface area contributed by atoms with Crippen LogP contribution < -0.4 is 0 Å². The van der Waals surface area contributed by atoms with E-state index in [1.807, 2.05) is 0 Å². The van der Waals surface area contributed by atoms with Gasteiger partial charge in [0, 0.05) is 0 Å². The summed E-state index contributed by atoms with van der Waals surface area (Å²) in [6.07, 6.45) is 7.17. The third kappa shape index (κ3) is 2.50. The van der Waals surface area contributed by atoms with Crippen LogP contribution in [0.3, 0.4) is 0 Å². The molecule has 1 aliphatic rings. The maximum atomic E-state index is 2.49. The van der Waals surface area contributed by atoms with Gasteiger partial charge in [0.2, 0.25) is 0 Å². The van der Waals surface area contributed by atoms with Gasteiger partial charge >= 0.3 is 0 Å². The molecule has 0 aromatic heterocycles. The lowest BCUT2D eigenvalue weighted by Gasteiger charge is -2.40. The molecule has 0 saturated heterocycles. The third-order valence-corrected chi connectivity index (χ3v) is 3.34. The van der Waals surface area contributed by atoms with Crippen molar-refractivity contribution >= 4 is 0 Å². The van der Waals surface area contributed by atoms with Gasteiger partial charge in [0.05, 0.1) is 0 Å². The highest BCUT2D eigenvalue weighted by Gasteiger charge is 2.32. The van der Waals surface area contributed by atoms with E-state index in [0.717, 1.165) is 11.8 Å². The SMILES string of the molecule is CCCC1(C)C[C@H](C)C[C@@H](C)C1. The van der Waals surface area contributed by atoms with Crippen LogP contribution in [0.15, 0.2) is 0 Å². The molecule has 0 nitrogen and oxygen atoms in total. The first-order valence-corrected chi connectivity index (χ1v) is 5.56. The fraction of sp³-hybridized carbons (Fsp3) is 1.00. The van der Waals surface area contributed by atoms with E-state index in [9.17, 15) is 0 Å². The van der Waals surface area contributed by atoms with Gasteiger partial charge in [-0.05, 0) is 42.9 Å². The van der Waals surface area contributed by atoms with Gasteiger partial charge in [-0.3, -0.25) is 0 Å². The molecule has 0 heterocycles. The molecule has 1 saturated carbocycles. The van der Waals surface area contributed by atoms with Crippen molar-refractivity contribution in [3.05, 3.63) is 0 Å². The molecule has 0 N–H and O–H groups in total. The van der Waals surface area contributed by atoms with Gasteiger partial charge in [0.15, 0.2) is 0 Å². The van der Waals surface area contributed by atoms with E-state index in [-0.39, 0.29) is 0 Å². The molecule has 72 valence electrons. The van der Waals surface area contributed by atoms with E-state index in [2.05, 4.69) is 27.7 Å². The monoisotopic (exact) mass is 168 g/mol. The van der Waals surface area contributed by atoms with Crippen molar-refractivity contribution in [2.45, 2.75) is 59.8 Å². The summed E-state index contributed by atoms with van der Waals surface area (Å²) in [5.41, 5.74) is 0.672. The number of hydrogen-bond donors (Lipinski definition) is 0. The van der Waals surface area contributed by atoms with Crippen molar-refractivity contribution in [3.8, 4) is 0 Å². The Kier molecular flexibility index (Phi) is 3.20. The van der Waals surface area contributed by atoms with E-state index in [1.165, 1.54) is 32.1 Å². The number of hydrogen-bond acceptors (Lipinski definition) is 0. The second kappa shape index (κ2) is 3.81. The quantitative estimate of drug-likeness (QED) is 0.578. The molecular weight excluding hydrogens is 144 g/mol. The van der Waals surface area contributed by atoms with Crippen LogP contribution >= 0.6 is 0 Å². The van der Waals surface area contributed by atoms with Crippen LogP contribution in [0.1, 0.15) is 59.8 Å².